The van der Waals surface area contributed by atoms with E-state index in [9.17, 15) is 14.0 Å². The molecule has 34 heavy (non-hydrogen) atoms. The first-order valence-electron chi connectivity index (χ1n) is 11.7. The van der Waals surface area contributed by atoms with Crippen molar-refractivity contribution in [3.8, 4) is 5.69 Å². The molecular formula is C26H28ClFN4O2. The van der Waals surface area contributed by atoms with E-state index in [2.05, 4.69) is 16.4 Å². The van der Waals surface area contributed by atoms with E-state index in [0.717, 1.165) is 48.1 Å². The molecule has 6 nitrogen and oxygen atoms in total. The van der Waals surface area contributed by atoms with Gasteiger partial charge in [-0.2, -0.15) is 0 Å². The first-order chi connectivity index (χ1) is 16.3. The molecule has 1 atom stereocenters. The van der Waals surface area contributed by atoms with Crippen LogP contribution in [0.4, 0.5) is 9.18 Å². The van der Waals surface area contributed by atoms with E-state index in [0.29, 0.717) is 11.6 Å². The molecule has 0 bridgehead atoms. The summed E-state index contributed by atoms with van der Waals surface area (Å²) in [7, 11) is 0. The zero-order valence-corrected chi connectivity index (χ0v) is 20.1. The van der Waals surface area contributed by atoms with Crippen molar-refractivity contribution in [2.75, 3.05) is 19.6 Å². The van der Waals surface area contributed by atoms with Crippen LogP contribution in [0.2, 0.25) is 5.02 Å². The number of amides is 3. The van der Waals surface area contributed by atoms with Crippen molar-refractivity contribution < 1.29 is 14.0 Å². The molecule has 0 radical (unpaired) electrons. The molecular weight excluding hydrogens is 455 g/mol. The minimum atomic E-state index is -0.932. The largest absolute Gasteiger partial charge is 0.325 e. The smallest absolute Gasteiger partial charge is 0.316 e. The second-order valence-electron chi connectivity index (χ2n) is 9.63. The zero-order chi connectivity index (χ0) is 24.0. The van der Waals surface area contributed by atoms with Crippen LogP contribution in [0.5, 0.6) is 0 Å². The Kier molecular flexibility index (Phi) is 5.86. The molecule has 1 N–H and O–H groups in total. The minimum Gasteiger partial charge on any atom is -0.316 e. The van der Waals surface area contributed by atoms with Crippen molar-refractivity contribution in [1.29, 1.82) is 0 Å². The van der Waals surface area contributed by atoms with Crippen LogP contribution in [0.15, 0.2) is 48.7 Å². The highest BCUT2D eigenvalue weighted by molar-refractivity contribution is 6.31. The van der Waals surface area contributed by atoms with Crippen molar-refractivity contribution in [3.05, 3.63) is 65.1 Å². The number of rotatable bonds is 5. The summed E-state index contributed by atoms with van der Waals surface area (Å²) in [4.78, 5) is 29.2. The fourth-order valence-corrected chi connectivity index (χ4v) is 5.30. The van der Waals surface area contributed by atoms with Gasteiger partial charge in [-0.1, -0.05) is 18.0 Å². The number of hydrogen-bond donors (Lipinski definition) is 1. The van der Waals surface area contributed by atoms with Crippen molar-refractivity contribution >= 4 is 34.4 Å². The van der Waals surface area contributed by atoms with Crippen molar-refractivity contribution in [3.63, 3.8) is 0 Å². The molecule has 8 heteroatoms. The summed E-state index contributed by atoms with van der Waals surface area (Å²) in [6, 6.07) is 11.7. The van der Waals surface area contributed by atoms with Crippen LogP contribution in [0.1, 0.15) is 44.7 Å². The number of benzene rings is 2. The number of hydrogen-bond acceptors (Lipinski definition) is 3. The number of aromatic nitrogens is 1. The molecule has 2 fully saturated rings. The molecule has 178 valence electrons. The zero-order valence-electron chi connectivity index (χ0n) is 19.4. The quantitative estimate of drug-likeness (QED) is 0.503. The lowest BCUT2D eigenvalue weighted by molar-refractivity contribution is -0.125. The van der Waals surface area contributed by atoms with Crippen LogP contribution in [0, 0.1) is 5.82 Å². The van der Waals surface area contributed by atoms with E-state index < -0.39 is 5.54 Å². The summed E-state index contributed by atoms with van der Waals surface area (Å²) in [6.07, 6.45) is 5.42. The highest BCUT2D eigenvalue weighted by atomic mass is 35.5. The average Bonchev–Trinajstić information content (AvgIpc) is 3.27. The molecule has 2 saturated heterocycles. The standard InChI is InChI=1S/C26H28ClFN4O2/c1-26(2)24(33)29-25(34)32(26)16-23(30-12-4-3-5-13-30)21-15-31(19-9-7-18(28)8-10-19)22-11-6-17(27)14-20(21)22/h6-11,14-15,23H,3-5,12-13,16H2,1-2H3,(H,29,33,34). The van der Waals surface area contributed by atoms with E-state index in [-0.39, 0.29) is 23.8 Å². The van der Waals surface area contributed by atoms with Crippen LogP contribution in [-0.2, 0) is 4.79 Å². The Balaban J connectivity index is 1.65. The fraction of sp³-hybridized carbons (Fsp3) is 0.385. The van der Waals surface area contributed by atoms with Gasteiger partial charge >= 0.3 is 6.03 Å². The highest BCUT2D eigenvalue weighted by Crippen LogP contribution is 2.37. The second-order valence-corrected chi connectivity index (χ2v) is 10.1. The van der Waals surface area contributed by atoms with Crippen LogP contribution in [0.25, 0.3) is 16.6 Å². The lowest BCUT2D eigenvalue weighted by atomic mass is 9.98. The lowest BCUT2D eigenvalue weighted by Gasteiger charge is -2.39. The normalized spacial score (nSPS) is 19.6. The molecule has 0 saturated carbocycles. The molecule has 2 aliphatic rings. The van der Waals surface area contributed by atoms with Crippen LogP contribution >= 0.6 is 11.6 Å². The molecule has 3 aromatic rings. The maximum atomic E-state index is 13.6. The molecule has 5 rings (SSSR count). The van der Waals surface area contributed by atoms with E-state index in [1.807, 2.05) is 22.8 Å². The topological polar surface area (TPSA) is 57.6 Å². The highest BCUT2D eigenvalue weighted by Gasteiger charge is 2.47. The summed E-state index contributed by atoms with van der Waals surface area (Å²) >= 11 is 6.42. The maximum absolute atomic E-state index is 13.6. The van der Waals surface area contributed by atoms with Gasteiger partial charge in [0, 0.05) is 28.8 Å². The number of imide groups is 1. The number of nitrogens with one attached hydrogen (secondary N) is 1. The van der Waals surface area contributed by atoms with Gasteiger partial charge in [0.15, 0.2) is 0 Å². The molecule has 2 aliphatic heterocycles. The number of urea groups is 1. The third kappa shape index (κ3) is 3.97. The molecule has 2 aromatic carbocycles. The van der Waals surface area contributed by atoms with Crippen molar-refractivity contribution in [2.24, 2.45) is 0 Å². The monoisotopic (exact) mass is 482 g/mol. The van der Waals surface area contributed by atoms with E-state index in [4.69, 9.17) is 11.6 Å². The van der Waals surface area contributed by atoms with Gasteiger partial charge in [0.25, 0.3) is 5.91 Å². The van der Waals surface area contributed by atoms with E-state index in [1.54, 1.807) is 30.9 Å². The maximum Gasteiger partial charge on any atom is 0.325 e. The Bertz CT molecular complexity index is 1250. The molecule has 3 amide bonds. The third-order valence-corrected chi connectivity index (χ3v) is 7.38. The SMILES string of the molecule is CC1(C)C(=O)NC(=O)N1CC(c1cn(-c2ccc(F)cc2)c2ccc(Cl)cc12)N1CCCCC1. The van der Waals surface area contributed by atoms with Crippen molar-refractivity contribution in [1.82, 2.24) is 19.7 Å². The Hall–Kier alpha value is -2.90. The summed E-state index contributed by atoms with van der Waals surface area (Å²) in [6.45, 7) is 5.76. The number of nitrogens with zero attached hydrogens (tertiary/aromatic N) is 3. The van der Waals surface area contributed by atoms with Gasteiger partial charge < -0.3 is 9.47 Å². The Morgan fingerprint density at radius 1 is 1.06 bits per heavy atom. The second kappa shape index (κ2) is 8.71. The fourth-order valence-electron chi connectivity index (χ4n) is 5.13. The first-order valence-corrected chi connectivity index (χ1v) is 12.1. The number of halogens is 2. The van der Waals surface area contributed by atoms with E-state index in [1.165, 1.54) is 18.6 Å². The molecule has 0 aliphatic carbocycles. The number of fused-ring (bicyclic) bond motifs is 1. The van der Waals surface area contributed by atoms with Gasteiger partial charge in [-0.05, 0) is 87.8 Å². The van der Waals surface area contributed by atoms with Gasteiger partial charge in [-0.3, -0.25) is 15.0 Å². The summed E-state index contributed by atoms with van der Waals surface area (Å²) in [5, 5.41) is 4.07. The Morgan fingerprint density at radius 2 is 1.76 bits per heavy atom. The Morgan fingerprint density at radius 3 is 2.41 bits per heavy atom. The van der Waals surface area contributed by atoms with Crippen LogP contribution < -0.4 is 5.32 Å². The number of piperidine rings is 1. The first kappa shape index (κ1) is 22.9. The number of carbonyl (C=O) groups is 2. The van der Waals surface area contributed by atoms with Gasteiger partial charge in [-0.25, -0.2) is 9.18 Å². The summed E-state index contributed by atoms with van der Waals surface area (Å²) < 4.78 is 15.6. The summed E-state index contributed by atoms with van der Waals surface area (Å²) in [5.74, 6) is -0.576. The van der Waals surface area contributed by atoms with Gasteiger partial charge in [0.2, 0.25) is 0 Å². The molecule has 1 unspecified atom stereocenters. The lowest BCUT2D eigenvalue weighted by Crippen LogP contribution is -2.49. The third-order valence-electron chi connectivity index (χ3n) is 7.14. The van der Waals surface area contributed by atoms with Crippen molar-refractivity contribution in [2.45, 2.75) is 44.7 Å². The molecule has 3 heterocycles. The summed E-state index contributed by atoms with van der Waals surface area (Å²) in [5.41, 5.74) is 1.89. The van der Waals surface area contributed by atoms with Gasteiger partial charge in [0.05, 0.1) is 11.6 Å². The van der Waals surface area contributed by atoms with Crippen LogP contribution in [-0.4, -0.2) is 51.5 Å². The number of carbonyl (C=O) groups excluding carboxylic acids is 2. The minimum absolute atomic E-state index is 0.126. The Labute approximate surface area is 203 Å². The molecule has 0 spiro atoms. The predicted molar refractivity (Wildman–Crippen MR) is 131 cm³/mol. The number of likely N-dealkylation sites (tertiary alicyclic amines) is 1. The van der Waals surface area contributed by atoms with E-state index >= 15 is 0 Å². The van der Waals surface area contributed by atoms with Crippen LogP contribution in [0.3, 0.4) is 0 Å². The van der Waals surface area contributed by atoms with Gasteiger partial charge in [0.1, 0.15) is 11.4 Å². The average molecular weight is 483 g/mol. The molecule has 1 aromatic heterocycles. The van der Waals surface area contributed by atoms with Gasteiger partial charge in [-0.15, -0.1) is 0 Å². The predicted octanol–water partition coefficient (Wildman–Crippen LogP) is 5.28.